The van der Waals surface area contributed by atoms with E-state index in [4.69, 9.17) is 16.2 Å². The molecule has 0 unspecified atom stereocenters. The van der Waals surface area contributed by atoms with E-state index in [1.165, 1.54) is 6.07 Å². The molecule has 8 heteroatoms. The minimum atomic E-state index is -4.38. The number of nitrogens with zero attached hydrogens (tertiary/aromatic N) is 2. The highest BCUT2D eigenvalue weighted by atomic mass is 35.5. The van der Waals surface area contributed by atoms with Crippen LogP contribution in [0.5, 0.6) is 0 Å². The van der Waals surface area contributed by atoms with Gasteiger partial charge in [-0.1, -0.05) is 11.6 Å². The fourth-order valence-electron chi connectivity index (χ4n) is 1.58. The number of halogens is 1. The van der Waals surface area contributed by atoms with E-state index < -0.39 is 10.1 Å². The second kappa shape index (κ2) is 4.34. The van der Waals surface area contributed by atoms with Gasteiger partial charge in [-0.05, 0) is 25.1 Å². The van der Waals surface area contributed by atoms with Gasteiger partial charge >= 0.3 is 0 Å². The molecule has 2 rings (SSSR count). The summed E-state index contributed by atoms with van der Waals surface area (Å²) in [5, 5.41) is 5.13. The minimum Gasteiger partial charge on any atom is -0.282 e. The van der Waals surface area contributed by atoms with Crippen LogP contribution in [0.3, 0.4) is 0 Å². The van der Waals surface area contributed by atoms with E-state index in [2.05, 4.69) is 5.10 Å². The molecule has 6 nitrogen and oxygen atoms in total. The van der Waals surface area contributed by atoms with Crippen LogP contribution in [0, 0.1) is 0 Å². The summed E-state index contributed by atoms with van der Waals surface area (Å²) in [7, 11) is -4.38. The maximum absolute atomic E-state index is 11.6. The van der Waals surface area contributed by atoms with Crippen molar-refractivity contribution in [1.29, 1.82) is 0 Å². The van der Waals surface area contributed by atoms with Crippen molar-refractivity contribution in [2.45, 2.75) is 18.2 Å². The van der Waals surface area contributed by atoms with Gasteiger partial charge in [-0.2, -0.15) is 13.5 Å². The highest BCUT2D eigenvalue weighted by Crippen LogP contribution is 2.27. The highest BCUT2D eigenvalue weighted by molar-refractivity contribution is 7.85. The number of carbonyl (C=O) groups excluding carboxylic acids is 1. The third-order valence-electron chi connectivity index (χ3n) is 2.31. The van der Waals surface area contributed by atoms with Gasteiger partial charge in [0.05, 0.1) is 17.0 Å². The smallest absolute Gasteiger partial charge is 0.282 e. The van der Waals surface area contributed by atoms with Crippen LogP contribution < -0.4 is 5.01 Å². The quantitative estimate of drug-likeness (QED) is 0.839. The molecule has 1 aromatic rings. The van der Waals surface area contributed by atoms with Crippen molar-refractivity contribution in [1.82, 2.24) is 0 Å². The summed E-state index contributed by atoms with van der Waals surface area (Å²) in [5.74, 6) is -0.281. The Bertz CT molecular complexity index is 654. The zero-order valence-electron chi connectivity index (χ0n) is 9.29. The molecule has 1 heterocycles. The number of anilines is 1. The fraction of sp³-hybridized carbons (Fsp3) is 0.200. The summed E-state index contributed by atoms with van der Waals surface area (Å²) in [4.78, 5) is 11.2. The average Bonchev–Trinajstić information content (AvgIpc) is 2.55. The van der Waals surface area contributed by atoms with Crippen LogP contribution in [0.2, 0.25) is 5.02 Å². The van der Waals surface area contributed by atoms with Crippen molar-refractivity contribution in [3.63, 3.8) is 0 Å². The number of benzene rings is 1. The largest absolute Gasteiger partial charge is 0.294 e. The van der Waals surface area contributed by atoms with Crippen molar-refractivity contribution in [2.75, 3.05) is 5.01 Å². The number of rotatable bonds is 2. The monoisotopic (exact) mass is 288 g/mol. The van der Waals surface area contributed by atoms with Crippen LogP contribution in [0.1, 0.15) is 13.3 Å². The summed E-state index contributed by atoms with van der Waals surface area (Å²) < 4.78 is 31.1. The van der Waals surface area contributed by atoms with E-state index in [-0.39, 0.29) is 27.9 Å². The third kappa shape index (κ3) is 2.53. The standard InChI is InChI=1S/C10H9ClN2O4S/c1-6-2-10(14)13(12-6)8-3-7(11)4-9(5-8)18(15,16)17/h3-5H,2H2,1H3,(H,15,16,17). The van der Waals surface area contributed by atoms with Gasteiger partial charge in [-0.15, -0.1) is 0 Å². The Hall–Kier alpha value is -1.44. The minimum absolute atomic E-state index is 0.0904. The van der Waals surface area contributed by atoms with Crippen LogP contribution in [0.4, 0.5) is 5.69 Å². The molecule has 0 fully saturated rings. The summed E-state index contributed by atoms with van der Waals surface area (Å²) in [5.41, 5.74) is 0.824. The van der Waals surface area contributed by atoms with Crippen molar-refractivity contribution >= 4 is 39.0 Å². The van der Waals surface area contributed by atoms with Gasteiger partial charge in [-0.3, -0.25) is 9.35 Å². The van der Waals surface area contributed by atoms with Gasteiger partial charge in [0.15, 0.2) is 0 Å². The van der Waals surface area contributed by atoms with E-state index in [1.54, 1.807) is 6.92 Å². The van der Waals surface area contributed by atoms with E-state index in [0.29, 0.717) is 5.71 Å². The lowest BCUT2D eigenvalue weighted by molar-refractivity contribution is -0.116. The Balaban J connectivity index is 2.53. The second-order valence-corrected chi connectivity index (χ2v) is 5.70. The first-order valence-corrected chi connectivity index (χ1v) is 6.74. The Kier molecular flexibility index (Phi) is 3.14. The second-order valence-electron chi connectivity index (χ2n) is 3.84. The maximum atomic E-state index is 11.6. The van der Waals surface area contributed by atoms with Gasteiger partial charge in [0, 0.05) is 10.7 Å². The SMILES string of the molecule is CC1=NN(c2cc(Cl)cc(S(=O)(=O)O)c2)C(=O)C1. The van der Waals surface area contributed by atoms with Crippen molar-refractivity contribution in [3.05, 3.63) is 23.2 Å². The molecule has 0 aliphatic carbocycles. The molecule has 0 atom stereocenters. The first kappa shape index (κ1) is 13.0. The molecule has 0 saturated heterocycles. The molecule has 0 radical (unpaired) electrons. The molecule has 0 spiro atoms. The molecule has 0 aromatic heterocycles. The first-order valence-electron chi connectivity index (χ1n) is 4.92. The molecule has 0 bridgehead atoms. The van der Waals surface area contributed by atoms with Gasteiger partial charge in [-0.25, -0.2) is 5.01 Å². The maximum Gasteiger partial charge on any atom is 0.294 e. The summed E-state index contributed by atoms with van der Waals surface area (Å²) in [6, 6.07) is 3.63. The van der Waals surface area contributed by atoms with Crippen LogP contribution in [0.15, 0.2) is 28.2 Å². The zero-order valence-corrected chi connectivity index (χ0v) is 10.9. The number of hydrazone groups is 1. The average molecular weight is 289 g/mol. The van der Waals surface area contributed by atoms with Crippen LogP contribution in [-0.4, -0.2) is 24.6 Å². The molecular formula is C10H9ClN2O4S. The lowest BCUT2D eigenvalue weighted by Gasteiger charge is -2.13. The highest BCUT2D eigenvalue weighted by Gasteiger charge is 2.24. The van der Waals surface area contributed by atoms with Gasteiger partial charge in [0.2, 0.25) is 0 Å². The molecule has 96 valence electrons. The summed E-state index contributed by atoms with van der Waals surface area (Å²) >= 11 is 5.76. The lowest BCUT2D eigenvalue weighted by Crippen LogP contribution is -2.19. The zero-order chi connectivity index (χ0) is 13.5. The third-order valence-corrected chi connectivity index (χ3v) is 3.36. The Labute approximate surface area is 109 Å². The molecule has 1 aromatic carbocycles. The summed E-state index contributed by atoms with van der Waals surface area (Å²) in [6.45, 7) is 1.69. The fourth-order valence-corrected chi connectivity index (χ4v) is 2.42. The number of amides is 1. The molecule has 18 heavy (non-hydrogen) atoms. The Morgan fingerprint density at radius 1 is 1.39 bits per heavy atom. The van der Waals surface area contributed by atoms with Crippen molar-refractivity contribution < 1.29 is 17.8 Å². The van der Waals surface area contributed by atoms with Crippen LogP contribution in [0.25, 0.3) is 0 Å². The van der Waals surface area contributed by atoms with Gasteiger partial charge in [0.25, 0.3) is 16.0 Å². The number of hydrogen-bond acceptors (Lipinski definition) is 4. The van der Waals surface area contributed by atoms with Crippen molar-refractivity contribution in [2.24, 2.45) is 5.10 Å². The lowest BCUT2D eigenvalue weighted by atomic mass is 10.3. The molecule has 1 aliphatic rings. The topological polar surface area (TPSA) is 87.0 Å². The van der Waals surface area contributed by atoms with Crippen LogP contribution >= 0.6 is 11.6 Å². The summed E-state index contributed by atoms with van der Waals surface area (Å²) in [6.07, 6.45) is 0.174. The normalized spacial score (nSPS) is 16.1. The predicted molar refractivity (Wildman–Crippen MR) is 66.5 cm³/mol. The molecule has 1 aliphatic heterocycles. The van der Waals surface area contributed by atoms with Crippen molar-refractivity contribution in [3.8, 4) is 0 Å². The molecule has 1 N–H and O–H groups in total. The van der Waals surface area contributed by atoms with Gasteiger partial charge in [0.1, 0.15) is 0 Å². The van der Waals surface area contributed by atoms with Crippen LogP contribution in [-0.2, 0) is 14.9 Å². The van der Waals surface area contributed by atoms with E-state index in [9.17, 15) is 13.2 Å². The molecule has 0 saturated carbocycles. The van der Waals surface area contributed by atoms with Gasteiger partial charge < -0.3 is 0 Å². The van der Waals surface area contributed by atoms with E-state index in [1.807, 2.05) is 0 Å². The number of hydrogen-bond donors (Lipinski definition) is 1. The van der Waals surface area contributed by atoms with E-state index >= 15 is 0 Å². The number of carbonyl (C=O) groups is 1. The Morgan fingerprint density at radius 3 is 2.56 bits per heavy atom. The first-order chi connectivity index (χ1) is 8.27. The van der Waals surface area contributed by atoms with E-state index in [0.717, 1.165) is 17.1 Å². The molecule has 1 amide bonds. The predicted octanol–water partition coefficient (Wildman–Crippen LogP) is 1.70. The molecular weight excluding hydrogens is 280 g/mol. The Morgan fingerprint density at radius 2 is 2.06 bits per heavy atom.